The van der Waals surface area contributed by atoms with Gasteiger partial charge in [0.15, 0.2) is 0 Å². The fourth-order valence-corrected chi connectivity index (χ4v) is 7.67. The maximum Gasteiger partial charge on any atom is 0.260 e. The molecule has 1 N–H and O–H groups in total. The summed E-state index contributed by atoms with van der Waals surface area (Å²) in [5.41, 5.74) is 4.00. The highest BCUT2D eigenvalue weighted by atomic mass is 32.2. The molecule has 4 heterocycles. The molecule has 6 rings (SSSR count). The minimum absolute atomic E-state index is 0.130. The number of sulfonamides is 1. The molecule has 0 aliphatic carbocycles. The first-order chi connectivity index (χ1) is 20.6. The third kappa shape index (κ3) is 6.31. The van der Waals surface area contributed by atoms with Crippen molar-refractivity contribution in [3.8, 4) is 11.1 Å². The molecule has 2 aromatic heterocycles. The second kappa shape index (κ2) is 12.0. The zero-order valence-corrected chi connectivity index (χ0v) is 26.5. The third-order valence-electron chi connectivity index (χ3n) is 8.63. The molecule has 2 unspecified atom stereocenters. The molecule has 2 fully saturated rings. The molecule has 2 saturated heterocycles. The van der Waals surface area contributed by atoms with Gasteiger partial charge in [0.25, 0.3) is 5.56 Å². The van der Waals surface area contributed by atoms with Crippen molar-refractivity contribution in [2.45, 2.75) is 36.1 Å². The SMILES string of the molecule is C=S(C)c1ccc(-c2cc3cnc(Nc4ccc(C5CCN(C)C5)cc4)nc3n(C3CCN(S(C)(=O)=O)CC3)c2=O)cc1. The summed E-state index contributed by atoms with van der Waals surface area (Å²) in [6.45, 7) is 2.91. The summed E-state index contributed by atoms with van der Waals surface area (Å²) in [7, 11) is -1.27. The van der Waals surface area contributed by atoms with Crippen molar-refractivity contribution in [3.63, 3.8) is 0 Å². The van der Waals surface area contributed by atoms with E-state index in [2.05, 4.69) is 58.6 Å². The molecule has 11 heteroatoms. The highest BCUT2D eigenvalue weighted by Crippen LogP contribution is 2.31. The van der Waals surface area contributed by atoms with E-state index in [1.165, 1.54) is 22.5 Å². The highest BCUT2D eigenvalue weighted by molar-refractivity contribution is 8.13. The lowest BCUT2D eigenvalue weighted by atomic mass is 9.98. The summed E-state index contributed by atoms with van der Waals surface area (Å²) in [6.07, 6.45) is 7.26. The highest BCUT2D eigenvalue weighted by Gasteiger charge is 2.28. The molecule has 43 heavy (non-hydrogen) atoms. The number of hydrogen-bond acceptors (Lipinski definition) is 7. The van der Waals surface area contributed by atoms with Gasteiger partial charge < -0.3 is 10.2 Å². The van der Waals surface area contributed by atoms with E-state index in [0.29, 0.717) is 49.0 Å². The molecule has 2 aliphatic rings. The summed E-state index contributed by atoms with van der Waals surface area (Å²) in [6, 6.07) is 18.1. The second-order valence-corrected chi connectivity index (χ2v) is 15.5. The van der Waals surface area contributed by atoms with Crippen LogP contribution in [-0.2, 0) is 10.0 Å². The standard InChI is InChI=1S/C32H38N6O3S2/c1-36-16-13-24(21-36)22-5-9-26(10-6-22)34-32-33-20-25-19-29(23-7-11-28(12-8-23)42(2)3)31(39)38(30(25)35-32)27-14-17-37(18-15-27)43(4,40)41/h5-12,19-20,24,27H,2,13-18,21H2,1,3-4H3,(H,33,34,35). The normalized spacial score (nSPS) is 19.6. The van der Waals surface area contributed by atoms with Gasteiger partial charge in [-0.1, -0.05) is 30.1 Å². The smallest absolute Gasteiger partial charge is 0.260 e. The van der Waals surface area contributed by atoms with E-state index in [9.17, 15) is 13.2 Å². The van der Waals surface area contributed by atoms with Gasteiger partial charge in [-0.3, -0.25) is 9.36 Å². The van der Waals surface area contributed by atoms with Crippen LogP contribution < -0.4 is 10.9 Å². The maximum atomic E-state index is 14.2. The van der Waals surface area contributed by atoms with Crippen LogP contribution in [0.2, 0.25) is 0 Å². The molecular weight excluding hydrogens is 581 g/mol. The number of rotatable bonds is 7. The molecule has 226 valence electrons. The summed E-state index contributed by atoms with van der Waals surface area (Å²) < 4.78 is 27.6. The van der Waals surface area contributed by atoms with Crippen molar-refractivity contribution < 1.29 is 8.42 Å². The molecule has 9 nitrogen and oxygen atoms in total. The van der Waals surface area contributed by atoms with Crippen molar-refractivity contribution in [2.75, 3.05) is 51.1 Å². The Hall–Kier alpha value is -3.38. The van der Waals surface area contributed by atoms with Gasteiger partial charge in [0.2, 0.25) is 16.0 Å². The number of anilines is 2. The molecule has 0 amide bonds. The van der Waals surface area contributed by atoms with Crippen molar-refractivity contribution in [3.05, 3.63) is 76.7 Å². The summed E-state index contributed by atoms with van der Waals surface area (Å²) in [5, 5.41) is 4.07. The van der Waals surface area contributed by atoms with Gasteiger partial charge in [-0.25, -0.2) is 17.7 Å². The van der Waals surface area contributed by atoms with E-state index in [1.54, 1.807) is 10.8 Å². The Labute approximate surface area is 255 Å². The summed E-state index contributed by atoms with van der Waals surface area (Å²) in [4.78, 5) is 27.1. The molecule has 2 aromatic carbocycles. The topological polar surface area (TPSA) is 100 Å². The first-order valence-electron chi connectivity index (χ1n) is 14.6. The fourth-order valence-electron chi connectivity index (χ4n) is 6.20. The number of pyridine rings is 1. The summed E-state index contributed by atoms with van der Waals surface area (Å²) >= 11 is 0. The number of hydrogen-bond donors (Lipinski definition) is 1. The van der Waals surface area contributed by atoms with Crippen LogP contribution in [0.3, 0.4) is 0 Å². The largest absolute Gasteiger partial charge is 0.324 e. The van der Waals surface area contributed by atoms with E-state index >= 15 is 0 Å². The molecule has 0 saturated carbocycles. The van der Waals surface area contributed by atoms with Crippen molar-refractivity contribution in [2.24, 2.45) is 0 Å². The molecule has 2 aliphatic heterocycles. The van der Waals surface area contributed by atoms with E-state index < -0.39 is 10.0 Å². The fraction of sp³-hybridized carbons (Fsp3) is 0.375. The number of aromatic nitrogens is 3. The van der Waals surface area contributed by atoms with Crippen LogP contribution >= 0.6 is 10.5 Å². The molecule has 2 atom stereocenters. The Morgan fingerprint density at radius 3 is 2.30 bits per heavy atom. The molecule has 4 aromatic rings. The van der Waals surface area contributed by atoms with Gasteiger partial charge in [0.05, 0.1) is 6.26 Å². The van der Waals surface area contributed by atoms with Crippen molar-refractivity contribution >= 4 is 49.0 Å². The molecule has 0 bridgehead atoms. The first-order valence-corrected chi connectivity index (χ1v) is 18.2. The predicted molar refractivity (Wildman–Crippen MR) is 177 cm³/mol. The van der Waals surface area contributed by atoms with E-state index in [4.69, 9.17) is 4.98 Å². The minimum atomic E-state index is -3.30. The quantitative estimate of drug-likeness (QED) is 0.294. The third-order valence-corrected chi connectivity index (χ3v) is 11.0. The van der Waals surface area contributed by atoms with Crippen molar-refractivity contribution in [1.82, 2.24) is 23.7 Å². The van der Waals surface area contributed by atoms with Gasteiger partial charge in [0.1, 0.15) is 5.65 Å². The van der Waals surface area contributed by atoms with Crippen molar-refractivity contribution in [1.29, 1.82) is 0 Å². The van der Waals surface area contributed by atoms with E-state index in [0.717, 1.165) is 34.6 Å². The lowest BCUT2D eigenvalue weighted by Gasteiger charge is -2.32. The Morgan fingerprint density at radius 1 is 1.00 bits per heavy atom. The molecular formula is C32H38N6O3S2. The Kier molecular flexibility index (Phi) is 8.25. The summed E-state index contributed by atoms with van der Waals surface area (Å²) in [5.74, 6) is 5.08. The minimum Gasteiger partial charge on any atom is -0.324 e. The monoisotopic (exact) mass is 618 g/mol. The Bertz CT molecular complexity index is 1830. The van der Waals surface area contributed by atoms with Gasteiger partial charge >= 0.3 is 0 Å². The van der Waals surface area contributed by atoms with Crippen LogP contribution in [-0.4, -0.2) is 83.8 Å². The number of nitrogens with one attached hydrogen (secondary N) is 1. The van der Waals surface area contributed by atoms with Crippen LogP contribution in [0.25, 0.3) is 22.2 Å². The van der Waals surface area contributed by atoms with Crippen LogP contribution in [0.15, 0.2) is 70.5 Å². The Morgan fingerprint density at radius 2 is 1.70 bits per heavy atom. The van der Waals surface area contributed by atoms with Crippen LogP contribution in [0, 0.1) is 0 Å². The number of fused-ring (bicyclic) bond motifs is 1. The van der Waals surface area contributed by atoms with E-state index in [1.807, 2.05) is 30.3 Å². The average molecular weight is 619 g/mol. The number of piperidine rings is 1. The van der Waals surface area contributed by atoms with Gasteiger partial charge in [-0.05, 0) is 86.5 Å². The molecule has 0 radical (unpaired) electrons. The average Bonchev–Trinajstić information content (AvgIpc) is 3.43. The number of likely N-dealkylation sites (tertiary alicyclic amines) is 1. The van der Waals surface area contributed by atoms with Crippen LogP contribution in [0.4, 0.5) is 11.6 Å². The zero-order valence-electron chi connectivity index (χ0n) is 24.9. The van der Waals surface area contributed by atoms with E-state index in [-0.39, 0.29) is 22.1 Å². The number of benzene rings is 2. The lowest BCUT2D eigenvalue weighted by molar-refractivity contribution is 0.275. The first kappa shape index (κ1) is 29.7. The predicted octanol–water partition coefficient (Wildman–Crippen LogP) is 4.91. The maximum absolute atomic E-state index is 14.2. The lowest BCUT2D eigenvalue weighted by Crippen LogP contribution is -2.40. The van der Waals surface area contributed by atoms with Gasteiger partial charge in [0, 0.05) is 53.4 Å². The Balaban J connectivity index is 1.37. The van der Waals surface area contributed by atoms with Gasteiger partial charge in [-0.15, -0.1) is 0 Å². The number of likely N-dealkylation sites (N-methyl/N-ethyl adjacent to an activating group) is 1. The second-order valence-electron chi connectivity index (χ2n) is 11.8. The number of nitrogens with zero attached hydrogens (tertiary/aromatic N) is 5. The zero-order chi connectivity index (χ0) is 30.3. The molecule has 0 spiro atoms. The van der Waals surface area contributed by atoms with Crippen LogP contribution in [0.1, 0.15) is 36.8 Å². The van der Waals surface area contributed by atoms with Gasteiger partial charge in [-0.2, -0.15) is 15.5 Å². The van der Waals surface area contributed by atoms with Crippen LogP contribution in [0.5, 0.6) is 0 Å².